The summed E-state index contributed by atoms with van der Waals surface area (Å²) in [6, 6.07) is 1.25. The summed E-state index contributed by atoms with van der Waals surface area (Å²) >= 11 is 9.64. The van der Waals surface area contributed by atoms with Crippen molar-refractivity contribution >= 4 is 24.4 Å². The Morgan fingerprint density at radius 3 is 2.52 bits per heavy atom. The zero-order chi connectivity index (χ0) is 16.0. The van der Waals surface area contributed by atoms with Gasteiger partial charge >= 0.3 is 6.18 Å². The fourth-order valence-corrected chi connectivity index (χ4v) is 2.60. The molecule has 0 radical (unpaired) electrons. The second-order valence-electron chi connectivity index (χ2n) is 4.49. The number of hydrogen-bond acceptors (Lipinski definition) is 6. The molecule has 0 bridgehead atoms. The lowest BCUT2D eigenvalue weighted by atomic mass is 9.93. The molecule has 1 aromatic heterocycles. The molecule has 0 saturated carbocycles. The molecule has 0 spiro atoms. The molecule has 0 amide bonds. The summed E-state index contributed by atoms with van der Waals surface area (Å²) in [6.07, 6.45) is -10.1. The van der Waals surface area contributed by atoms with Crippen molar-refractivity contribution in [3.8, 4) is 0 Å². The van der Waals surface area contributed by atoms with Crippen LogP contribution in [0.3, 0.4) is 0 Å². The molecular weight excluding hydrogens is 333 g/mol. The number of hydrogen-bond donors (Lipinski definition) is 4. The van der Waals surface area contributed by atoms with E-state index in [1.807, 2.05) is 0 Å². The van der Waals surface area contributed by atoms with Crippen molar-refractivity contribution in [3.63, 3.8) is 0 Å². The Morgan fingerprint density at radius 1 is 1.43 bits per heavy atom. The zero-order valence-corrected chi connectivity index (χ0v) is 11.9. The molecule has 1 aromatic rings. The molecule has 0 aliphatic carbocycles. The largest absolute Gasteiger partial charge is 0.424 e. The van der Waals surface area contributed by atoms with Crippen LogP contribution in [0.4, 0.5) is 13.2 Å². The molecule has 118 valence electrons. The van der Waals surface area contributed by atoms with Crippen molar-refractivity contribution in [1.82, 2.24) is 9.55 Å². The van der Waals surface area contributed by atoms with E-state index in [4.69, 9.17) is 34.3 Å². The average Bonchev–Trinajstić information content (AvgIpc) is 2.63. The Balaban J connectivity index is 2.60. The summed E-state index contributed by atoms with van der Waals surface area (Å²) in [5, 5.41) is 28.7. The maximum absolute atomic E-state index is 13.2. The standard InChI is InChI=1S/C10H11F3N2O4S2/c11-10(12,13)9(18)6(17)4(3-16)19-7(9)15-2-1-5(20)14-8(15)21/h1-2,4,6-7,16-18H,3H2,(H,14,20,21)/t4-,6+,7-,9?/m1/s1. The SMILES string of the molecule is OC[C@H]1O[C@@H](n2ccc(=S)[nH]c2=S)C(O)(C(F)(F)F)[C@H]1O. The highest BCUT2D eigenvalue weighted by Crippen LogP contribution is 2.48. The first-order chi connectivity index (χ1) is 9.62. The van der Waals surface area contributed by atoms with Crippen molar-refractivity contribution in [3.05, 3.63) is 21.7 Å². The van der Waals surface area contributed by atoms with Gasteiger partial charge in [0.2, 0.25) is 5.60 Å². The van der Waals surface area contributed by atoms with Crippen molar-refractivity contribution in [2.75, 3.05) is 6.61 Å². The maximum atomic E-state index is 13.2. The minimum Gasteiger partial charge on any atom is -0.394 e. The van der Waals surface area contributed by atoms with Crippen LogP contribution < -0.4 is 0 Å². The van der Waals surface area contributed by atoms with Gasteiger partial charge < -0.3 is 25.0 Å². The van der Waals surface area contributed by atoms with Crippen molar-refractivity contribution in [1.29, 1.82) is 0 Å². The summed E-state index contributed by atoms with van der Waals surface area (Å²) in [6.45, 7) is -0.897. The summed E-state index contributed by atoms with van der Waals surface area (Å²) < 4.78 is 45.3. The monoisotopic (exact) mass is 344 g/mol. The Morgan fingerprint density at radius 2 is 2.05 bits per heavy atom. The van der Waals surface area contributed by atoms with E-state index in [-0.39, 0.29) is 9.41 Å². The number of halogens is 3. The highest BCUT2D eigenvalue weighted by Gasteiger charge is 2.70. The molecule has 6 nitrogen and oxygen atoms in total. The predicted molar refractivity (Wildman–Crippen MR) is 68.5 cm³/mol. The van der Waals surface area contributed by atoms with Gasteiger partial charge in [0.15, 0.2) is 11.0 Å². The zero-order valence-electron chi connectivity index (χ0n) is 10.2. The first-order valence-electron chi connectivity index (χ1n) is 5.68. The third-order valence-corrected chi connectivity index (χ3v) is 3.77. The van der Waals surface area contributed by atoms with E-state index in [1.54, 1.807) is 0 Å². The van der Waals surface area contributed by atoms with E-state index < -0.39 is 36.8 Å². The Kier molecular flexibility index (Phi) is 4.26. The molecule has 2 heterocycles. The summed E-state index contributed by atoms with van der Waals surface area (Å²) in [4.78, 5) is 2.44. The van der Waals surface area contributed by atoms with E-state index in [0.29, 0.717) is 0 Å². The first kappa shape index (κ1) is 16.5. The van der Waals surface area contributed by atoms with Crippen LogP contribution in [0.1, 0.15) is 6.23 Å². The number of aromatic nitrogens is 2. The quantitative estimate of drug-likeness (QED) is 0.594. The van der Waals surface area contributed by atoms with Crippen LogP contribution in [0.2, 0.25) is 0 Å². The van der Waals surface area contributed by atoms with Crippen molar-refractivity contribution < 1.29 is 33.2 Å². The van der Waals surface area contributed by atoms with Crippen LogP contribution in [0.15, 0.2) is 12.3 Å². The van der Waals surface area contributed by atoms with Gasteiger partial charge in [-0.3, -0.25) is 4.57 Å². The predicted octanol–water partition coefficient (Wildman–Crippen LogP) is 0.819. The molecule has 1 aliphatic rings. The highest BCUT2D eigenvalue weighted by molar-refractivity contribution is 7.72. The lowest BCUT2D eigenvalue weighted by Gasteiger charge is -2.33. The van der Waals surface area contributed by atoms with Gasteiger partial charge in [0.05, 0.1) is 6.61 Å². The average molecular weight is 344 g/mol. The second-order valence-corrected chi connectivity index (χ2v) is 5.32. The lowest BCUT2D eigenvalue weighted by molar-refractivity contribution is -0.304. The molecule has 21 heavy (non-hydrogen) atoms. The number of alkyl halides is 3. The fraction of sp³-hybridized carbons (Fsp3) is 0.600. The summed E-state index contributed by atoms with van der Waals surface area (Å²) in [5.41, 5.74) is -3.62. The van der Waals surface area contributed by atoms with Crippen LogP contribution in [-0.4, -0.2) is 55.5 Å². The Bertz CT molecular complexity index is 646. The first-order valence-corrected chi connectivity index (χ1v) is 6.49. The normalized spacial score (nSPS) is 33.3. The molecule has 11 heteroatoms. The molecule has 4 atom stereocenters. The topological polar surface area (TPSA) is 90.6 Å². The van der Waals surface area contributed by atoms with E-state index >= 15 is 0 Å². The van der Waals surface area contributed by atoms with Crippen LogP contribution in [0.25, 0.3) is 0 Å². The number of aliphatic hydroxyl groups is 3. The Hall–Kier alpha value is -0.850. The third kappa shape index (κ3) is 2.53. The smallest absolute Gasteiger partial charge is 0.394 e. The van der Waals surface area contributed by atoms with Gasteiger partial charge in [-0.25, -0.2) is 0 Å². The van der Waals surface area contributed by atoms with Crippen LogP contribution in [0.5, 0.6) is 0 Å². The molecule has 1 aliphatic heterocycles. The fourth-order valence-electron chi connectivity index (χ4n) is 2.11. The van der Waals surface area contributed by atoms with E-state index in [9.17, 15) is 23.4 Å². The molecular formula is C10H11F3N2O4S2. The number of nitrogens with one attached hydrogen (secondary N) is 1. The number of rotatable bonds is 2. The van der Waals surface area contributed by atoms with Gasteiger partial charge in [-0.2, -0.15) is 13.2 Å². The van der Waals surface area contributed by atoms with Crippen molar-refractivity contribution in [2.45, 2.75) is 30.2 Å². The number of H-pyrrole nitrogens is 1. The summed E-state index contributed by atoms with van der Waals surface area (Å²) in [5.74, 6) is 0. The van der Waals surface area contributed by atoms with E-state index in [0.717, 1.165) is 10.8 Å². The van der Waals surface area contributed by atoms with Crippen LogP contribution in [0, 0.1) is 9.41 Å². The van der Waals surface area contributed by atoms with Crippen LogP contribution in [-0.2, 0) is 4.74 Å². The van der Waals surface area contributed by atoms with Crippen molar-refractivity contribution in [2.24, 2.45) is 0 Å². The van der Waals surface area contributed by atoms with Gasteiger partial charge in [-0.1, -0.05) is 12.2 Å². The summed E-state index contributed by atoms with van der Waals surface area (Å²) in [7, 11) is 0. The molecule has 1 unspecified atom stereocenters. The minimum atomic E-state index is -5.21. The Labute approximate surface area is 126 Å². The molecule has 2 rings (SSSR count). The number of nitrogens with zero attached hydrogens (tertiary/aromatic N) is 1. The highest BCUT2D eigenvalue weighted by atomic mass is 32.1. The lowest BCUT2D eigenvalue weighted by Crippen LogP contribution is -2.57. The van der Waals surface area contributed by atoms with Gasteiger partial charge in [0.1, 0.15) is 16.8 Å². The van der Waals surface area contributed by atoms with Gasteiger partial charge in [-0.15, -0.1) is 0 Å². The molecule has 0 aromatic carbocycles. The van der Waals surface area contributed by atoms with E-state index in [2.05, 4.69) is 4.98 Å². The van der Waals surface area contributed by atoms with Gasteiger partial charge in [-0.05, 0) is 18.3 Å². The van der Waals surface area contributed by atoms with E-state index in [1.165, 1.54) is 6.07 Å². The van der Waals surface area contributed by atoms with Crippen LogP contribution >= 0.6 is 24.4 Å². The number of aliphatic hydroxyl groups excluding tert-OH is 2. The number of ether oxygens (including phenoxy) is 1. The second kappa shape index (κ2) is 5.41. The molecule has 1 saturated heterocycles. The molecule has 1 fully saturated rings. The minimum absolute atomic E-state index is 0.184. The number of aromatic amines is 1. The third-order valence-electron chi connectivity index (χ3n) is 3.22. The van der Waals surface area contributed by atoms with Gasteiger partial charge in [0, 0.05) is 6.20 Å². The van der Waals surface area contributed by atoms with Gasteiger partial charge in [0.25, 0.3) is 0 Å². The molecule has 4 N–H and O–H groups in total. The maximum Gasteiger partial charge on any atom is 0.424 e.